The van der Waals surface area contributed by atoms with Crippen LogP contribution in [-0.4, -0.2) is 34.7 Å². The summed E-state index contributed by atoms with van der Waals surface area (Å²) >= 11 is 0. The van der Waals surface area contributed by atoms with Gasteiger partial charge in [0.15, 0.2) is 18.2 Å². The molecule has 0 fully saturated rings. The van der Waals surface area contributed by atoms with Crippen molar-refractivity contribution in [3.8, 4) is 11.5 Å². The van der Waals surface area contributed by atoms with Crippen LogP contribution in [0.4, 0.5) is 0 Å². The highest BCUT2D eigenvalue weighted by atomic mass is 16.5. The Hall–Kier alpha value is -3.68. The van der Waals surface area contributed by atoms with Crippen molar-refractivity contribution in [2.24, 2.45) is 5.92 Å². The third-order valence-electron chi connectivity index (χ3n) is 4.13. The lowest BCUT2D eigenvalue weighted by molar-refractivity contribution is -0.141. The molecule has 0 aliphatic carbocycles. The smallest absolute Gasteiger partial charge is 0.332 e. The summed E-state index contributed by atoms with van der Waals surface area (Å²) < 4.78 is 17.2. The Balaban J connectivity index is 1.63. The van der Waals surface area contributed by atoms with Crippen molar-refractivity contribution in [3.05, 3.63) is 64.5 Å². The summed E-state index contributed by atoms with van der Waals surface area (Å²) in [4.78, 5) is 24.4. The molecular formula is C22H23N3O5. The number of esters is 1. The molecule has 0 saturated carbocycles. The van der Waals surface area contributed by atoms with Gasteiger partial charge in [-0.05, 0) is 41.8 Å². The van der Waals surface area contributed by atoms with Crippen molar-refractivity contribution in [1.82, 2.24) is 15.0 Å². The lowest BCUT2D eigenvalue weighted by Crippen LogP contribution is -2.26. The lowest BCUT2D eigenvalue weighted by Gasteiger charge is -2.12. The zero-order valence-corrected chi connectivity index (χ0v) is 17.1. The summed E-state index contributed by atoms with van der Waals surface area (Å²) in [7, 11) is 1.56. The second kappa shape index (κ2) is 9.69. The zero-order valence-electron chi connectivity index (χ0n) is 17.1. The van der Waals surface area contributed by atoms with Crippen molar-refractivity contribution < 1.29 is 19.0 Å². The van der Waals surface area contributed by atoms with Gasteiger partial charge in [0.1, 0.15) is 5.52 Å². The number of nitrogens with zero attached hydrogens (tertiary/aromatic N) is 3. The van der Waals surface area contributed by atoms with Gasteiger partial charge in [-0.25, -0.2) is 4.79 Å². The fraction of sp³-hybridized carbons (Fsp3) is 0.273. The summed E-state index contributed by atoms with van der Waals surface area (Å²) in [6.45, 7) is 4.37. The number of aromatic nitrogens is 3. The van der Waals surface area contributed by atoms with Crippen LogP contribution in [-0.2, 0) is 16.3 Å². The summed E-state index contributed by atoms with van der Waals surface area (Å²) in [5.41, 5.74) is 0.849. The minimum Gasteiger partial charge on any atom is -0.493 e. The van der Waals surface area contributed by atoms with Gasteiger partial charge < -0.3 is 14.2 Å². The third-order valence-corrected chi connectivity index (χ3v) is 4.13. The van der Waals surface area contributed by atoms with E-state index in [2.05, 4.69) is 24.2 Å². The molecular weight excluding hydrogens is 386 g/mol. The SMILES string of the molecule is COc1cc(/C=C/C(=O)OCn2nnc3ccccc3c2=O)ccc1OCC(C)C. The van der Waals surface area contributed by atoms with E-state index in [1.54, 1.807) is 55.7 Å². The van der Waals surface area contributed by atoms with Crippen LogP contribution in [0, 0.1) is 5.92 Å². The van der Waals surface area contributed by atoms with Crippen LogP contribution in [0.3, 0.4) is 0 Å². The lowest BCUT2D eigenvalue weighted by atomic mass is 10.2. The highest BCUT2D eigenvalue weighted by molar-refractivity contribution is 5.87. The summed E-state index contributed by atoms with van der Waals surface area (Å²) in [5, 5.41) is 8.13. The number of hydrogen-bond acceptors (Lipinski definition) is 7. The Labute approximate surface area is 173 Å². The number of rotatable bonds is 8. The van der Waals surface area contributed by atoms with Gasteiger partial charge in [-0.2, -0.15) is 4.68 Å². The third kappa shape index (κ3) is 5.22. The fourth-order valence-electron chi connectivity index (χ4n) is 2.61. The van der Waals surface area contributed by atoms with E-state index in [4.69, 9.17) is 14.2 Å². The van der Waals surface area contributed by atoms with Crippen molar-refractivity contribution in [2.75, 3.05) is 13.7 Å². The molecule has 0 unspecified atom stereocenters. The Morgan fingerprint density at radius 3 is 2.73 bits per heavy atom. The van der Waals surface area contributed by atoms with Crippen molar-refractivity contribution in [2.45, 2.75) is 20.6 Å². The second-order valence-electron chi connectivity index (χ2n) is 6.95. The number of benzene rings is 2. The highest BCUT2D eigenvalue weighted by Crippen LogP contribution is 2.29. The average molecular weight is 409 g/mol. The van der Waals surface area contributed by atoms with Crippen LogP contribution in [0.5, 0.6) is 11.5 Å². The standard InChI is InChI=1S/C22H23N3O5/c1-15(2)13-29-19-10-8-16(12-20(19)28-3)9-11-21(26)30-14-25-22(27)17-6-4-5-7-18(17)23-24-25/h4-12,15H,13-14H2,1-3H3/b11-9+. The first-order valence-electron chi connectivity index (χ1n) is 9.46. The number of carbonyl (C=O) groups is 1. The van der Waals surface area contributed by atoms with Crippen LogP contribution in [0.2, 0.25) is 0 Å². The van der Waals surface area contributed by atoms with Crippen LogP contribution in [0.1, 0.15) is 19.4 Å². The molecule has 3 aromatic rings. The molecule has 0 saturated heterocycles. The first kappa shape index (κ1) is 21.0. The molecule has 0 aliphatic heterocycles. The monoisotopic (exact) mass is 409 g/mol. The maximum Gasteiger partial charge on any atom is 0.332 e. The molecule has 0 aliphatic rings. The van der Waals surface area contributed by atoms with Crippen LogP contribution in [0.25, 0.3) is 17.0 Å². The van der Waals surface area contributed by atoms with Crippen molar-refractivity contribution in [1.29, 1.82) is 0 Å². The average Bonchev–Trinajstić information content (AvgIpc) is 2.76. The molecule has 30 heavy (non-hydrogen) atoms. The first-order chi connectivity index (χ1) is 14.5. The second-order valence-corrected chi connectivity index (χ2v) is 6.95. The largest absolute Gasteiger partial charge is 0.493 e. The van der Waals surface area contributed by atoms with E-state index in [9.17, 15) is 9.59 Å². The van der Waals surface area contributed by atoms with E-state index < -0.39 is 5.97 Å². The van der Waals surface area contributed by atoms with Crippen LogP contribution in [0.15, 0.2) is 53.3 Å². The molecule has 2 aromatic carbocycles. The predicted molar refractivity (Wildman–Crippen MR) is 112 cm³/mol. The topological polar surface area (TPSA) is 92.5 Å². The molecule has 8 heteroatoms. The predicted octanol–water partition coefficient (Wildman–Crippen LogP) is 3.05. The minimum absolute atomic E-state index is 0.328. The maximum absolute atomic E-state index is 12.3. The molecule has 0 spiro atoms. The van der Waals surface area contributed by atoms with Crippen LogP contribution >= 0.6 is 0 Å². The van der Waals surface area contributed by atoms with Gasteiger partial charge in [0, 0.05) is 6.08 Å². The maximum atomic E-state index is 12.3. The molecule has 3 rings (SSSR count). The van der Waals surface area contributed by atoms with Gasteiger partial charge in [0.05, 0.1) is 19.1 Å². The highest BCUT2D eigenvalue weighted by Gasteiger charge is 2.08. The summed E-state index contributed by atoms with van der Waals surface area (Å²) in [6.07, 6.45) is 2.86. The number of fused-ring (bicyclic) bond motifs is 1. The number of methoxy groups -OCH3 is 1. The fourth-order valence-corrected chi connectivity index (χ4v) is 2.61. The molecule has 0 amide bonds. The Morgan fingerprint density at radius 1 is 1.17 bits per heavy atom. The number of ether oxygens (including phenoxy) is 3. The molecule has 1 heterocycles. The van der Waals surface area contributed by atoms with E-state index in [1.165, 1.54) is 6.08 Å². The van der Waals surface area contributed by atoms with E-state index in [1.807, 2.05) is 0 Å². The normalized spacial score (nSPS) is 11.2. The summed E-state index contributed by atoms with van der Waals surface area (Å²) in [6, 6.07) is 12.2. The van der Waals surface area contributed by atoms with Gasteiger partial charge in [-0.3, -0.25) is 4.79 Å². The molecule has 8 nitrogen and oxygen atoms in total. The van der Waals surface area contributed by atoms with E-state index >= 15 is 0 Å². The quantitative estimate of drug-likeness (QED) is 0.417. The van der Waals surface area contributed by atoms with Gasteiger partial charge >= 0.3 is 5.97 Å². The molecule has 0 atom stereocenters. The van der Waals surface area contributed by atoms with Crippen LogP contribution < -0.4 is 15.0 Å². The summed E-state index contributed by atoms with van der Waals surface area (Å²) in [5.74, 6) is 0.990. The van der Waals surface area contributed by atoms with Gasteiger partial charge in [0.2, 0.25) is 0 Å². The van der Waals surface area contributed by atoms with Crippen molar-refractivity contribution in [3.63, 3.8) is 0 Å². The molecule has 1 aromatic heterocycles. The van der Waals surface area contributed by atoms with Gasteiger partial charge in [0.25, 0.3) is 5.56 Å². The minimum atomic E-state index is -0.615. The molecule has 156 valence electrons. The first-order valence-corrected chi connectivity index (χ1v) is 9.46. The van der Waals surface area contributed by atoms with Gasteiger partial charge in [-0.15, -0.1) is 5.10 Å². The number of hydrogen-bond donors (Lipinski definition) is 0. The Kier molecular flexibility index (Phi) is 6.79. The molecule has 0 N–H and O–H groups in total. The zero-order chi connectivity index (χ0) is 21.5. The molecule has 0 radical (unpaired) electrons. The number of carbonyl (C=O) groups excluding carboxylic acids is 1. The Morgan fingerprint density at radius 2 is 1.97 bits per heavy atom. The van der Waals surface area contributed by atoms with E-state index in [0.29, 0.717) is 34.9 Å². The van der Waals surface area contributed by atoms with Gasteiger partial charge in [-0.1, -0.05) is 37.3 Å². The van der Waals surface area contributed by atoms with Crippen molar-refractivity contribution >= 4 is 22.9 Å². The molecule has 0 bridgehead atoms. The Bertz CT molecular complexity index is 1120. The van der Waals surface area contributed by atoms with E-state index in [0.717, 1.165) is 10.2 Å². The van der Waals surface area contributed by atoms with E-state index in [-0.39, 0.29) is 12.3 Å².